The molecule has 5 nitrogen and oxygen atoms in total. The normalized spacial score (nSPS) is 21.4. The monoisotopic (exact) mass is 243 g/mol. The Hall–Kier alpha value is -0.650. The number of ether oxygens (including phenoxy) is 1. The molecule has 1 saturated heterocycles. The third-order valence-corrected chi connectivity index (χ3v) is 2.99. The average Bonchev–Trinajstić information content (AvgIpc) is 2.37. The number of carbonyl (C=O) groups excluding carboxylic acids is 1. The molecule has 3 N–H and O–H groups in total. The maximum atomic E-state index is 11.9. The number of carbonyl (C=O) groups is 1. The second-order valence-electron chi connectivity index (χ2n) is 4.41. The molecule has 1 amide bonds. The minimum Gasteiger partial charge on any atom is -0.378 e. The van der Waals surface area contributed by atoms with Gasteiger partial charge in [-0.25, -0.2) is 0 Å². The summed E-state index contributed by atoms with van der Waals surface area (Å²) in [4.78, 5) is 14.2. The first-order valence-electron chi connectivity index (χ1n) is 6.59. The van der Waals surface area contributed by atoms with Gasteiger partial charge in [0.1, 0.15) is 6.04 Å². The van der Waals surface area contributed by atoms with Gasteiger partial charge in [-0.05, 0) is 32.4 Å². The summed E-state index contributed by atoms with van der Waals surface area (Å²) < 4.78 is 5.39. The highest BCUT2D eigenvalue weighted by molar-refractivity contribution is 5.81. The Morgan fingerprint density at radius 3 is 3.06 bits per heavy atom. The number of hydrogen-bond donors (Lipinski definition) is 2. The van der Waals surface area contributed by atoms with Crippen LogP contribution in [-0.2, 0) is 9.53 Å². The lowest BCUT2D eigenvalue weighted by Gasteiger charge is -2.34. The summed E-state index contributed by atoms with van der Waals surface area (Å²) in [5, 5.41) is 2.94. The fourth-order valence-corrected chi connectivity index (χ4v) is 1.97. The van der Waals surface area contributed by atoms with Crippen molar-refractivity contribution in [1.82, 2.24) is 10.2 Å². The molecule has 100 valence electrons. The Morgan fingerprint density at radius 1 is 1.53 bits per heavy atom. The van der Waals surface area contributed by atoms with Crippen molar-refractivity contribution < 1.29 is 9.53 Å². The molecule has 5 heteroatoms. The van der Waals surface area contributed by atoms with E-state index in [2.05, 4.69) is 17.1 Å². The Kier molecular flexibility index (Phi) is 7.16. The van der Waals surface area contributed by atoms with Gasteiger partial charge in [-0.3, -0.25) is 9.69 Å². The third-order valence-electron chi connectivity index (χ3n) is 2.99. The van der Waals surface area contributed by atoms with Gasteiger partial charge in [-0.15, -0.1) is 0 Å². The van der Waals surface area contributed by atoms with Crippen LogP contribution in [-0.4, -0.2) is 56.2 Å². The van der Waals surface area contributed by atoms with Crippen LogP contribution in [0, 0.1) is 0 Å². The van der Waals surface area contributed by atoms with Crippen molar-refractivity contribution in [3.8, 4) is 0 Å². The van der Waals surface area contributed by atoms with E-state index < -0.39 is 0 Å². The number of nitrogens with zero attached hydrogens (tertiary/aromatic N) is 1. The van der Waals surface area contributed by atoms with Gasteiger partial charge in [0.2, 0.25) is 5.91 Å². The first-order valence-corrected chi connectivity index (χ1v) is 6.59. The number of nitrogens with two attached hydrogens (primary N) is 1. The van der Waals surface area contributed by atoms with E-state index in [4.69, 9.17) is 10.5 Å². The highest BCUT2D eigenvalue weighted by Crippen LogP contribution is 2.08. The van der Waals surface area contributed by atoms with Crippen molar-refractivity contribution in [3.05, 3.63) is 0 Å². The van der Waals surface area contributed by atoms with Crippen LogP contribution in [0.5, 0.6) is 0 Å². The van der Waals surface area contributed by atoms with Gasteiger partial charge >= 0.3 is 0 Å². The molecule has 1 heterocycles. The predicted octanol–water partition coefficient (Wildman–Crippen LogP) is -0.0477. The topological polar surface area (TPSA) is 67.6 Å². The fourth-order valence-electron chi connectivity index (χ4n) is 1.97. The van der Waals surface area contributed by atoms with Crippen LogP contribution >= 0.6 is 0 Å². The van der Waals surface area contributed by atoms with Gasteiger partial charge in [-0.2, -0.15) is 0 Å². The quantitative estimate of drug-likeness (QED) is 0.615. The lowest BCUT2D eigenvalue weighted by Crippen LogP contribution is -2.54. The summed E-state index contributed by atoms with van der Waals surface area (Å²) in [6.45, 7) is 6.53. The second kappa shape index (κ2) is 8.44. The highest BCUT2D eigenvalue weighted by atomic mass is 16.5. The van der Waals surface area contributed by atoms with Gasteiger partial charge in [0.05, 0.1) is 13.2 Å². The van der Waals surface area contributed by atoms with Gasteiger partial charge in [-0.1, -0.05) is 6.92 Å². The maximum Gasteiger partial charge on any atom is 0.239 e. The highest BCUT2D eigenvalue weighted by Gasteiger charge is 2.28. The fraction of sp³-hybridized carbons (Fsp3) is 0.917. The number of morpholine rings is 1. The number of rotatable bonds is 7. The van der Waals surface area contributed by atoms with E-state index in [1.807, 2.05) is 0 Å². The van der Waals surface area contributed by atoms with Crippen molar-refractivity contribution in [1.29, 1.82) is 0 Å². The zero-order valence-electron chi connectivity index (χ0n) is 10.8. The van der Waals surface area contributed by atoms with Crippen LogP contribution in [0.3, 0.4) is 0 Å². The standard InChI is InChI=1S/C12H25N3O2/c1-2-6-14-12(16)11-10-17-9-8-15(11)7-4-3-5-13/h11H,2-10,13H2,1H3,(H,14,16). The minimum absolute atomic E-state index is 0.0966. The van der Waals surface area contributed by atoms with Crippen LogP contribution < -0.4 is 11.1 Å². The Bertz CT molecular complexity index is 224. The molecule has 0 saturated carbocycles. The van der Waals surface area contributed by atoms with Gasteiger partial charge in [0.25, 0.3) is 0 Å². The molecule has 1 aliphatic rings. The molecule has 1 aliphatic heterocycles. The summed E-state index contributed by atoms with van der Waals surface area (Å²) in [6, 6.07) is -0.118. The molecule has 0 spiro atoms. The lowest BCUT2D eigenvalue weighted by molar-refractivity contribution is -0.132. The first kappa shape index (κ1) is 14.4. The molecule has 0 aromatic rings. The molecule has 1 rings (SSSR count). The van der Waals surface area contributed by atoms with E-state index in [9.17, 15) is 4.79 Å². The summed E-state index contributed by atoms with van der Waals surface area (Å²) >= 11 is 0. The minimum atomic E-state index is -0.118. The molecule has 0 aromatic heterocycles. The van der Waals surface area contributed by atoms with Crippen LogP contribution in [0.4, 0.5) is 0 Å². The SMILES string of the molecule is CCCNC(=O)C1COCCN1CCCCN. The van der Waals surface area contributed by atoms with Crippen molar-refractivity contribution in [2.45, 2.75) is 32.2 Å². The molecular formula is C12H25N3O2. The molecule has 1 atom stereocenters. The molecule has 0 bridgehead atoms. The molecule has 0 radical (unpaired) electrons. The lowest BCUT2D eigenvalue weighted by atomic mass is 10.2. The molecular weight excluding hydrogens is 218 g/mol. The zero-order valence-corrected chi connectivity index (χ0v) is 10.8. The smallest absolute Gasteiger partial charge is 0.239 e. The summed E-state index contributed by atoms with van der Waals surface area (Å²) in [5.41, 5.74) is 5.48. The maximum absolute atomic E-state index is 11.9. The van der Waals surface area contributed by atoms with Crippen LogP contribution in [0.15, 0.2) is 0 Å². The predicted molar refractivity (Wildman–Crippen MR) is 67.8 cm³/mol. The Labute approximate surface area is 104 Å². The molecule has 1 fully saturated rings. The molecule has 0 aromatic carbocycles. The van der Waals surface area contributed by atoms with Crippen molar-refractivity contribution >= 4 is 5.91 Å². The van der Waals surface area contributed by atoms with Gasteiger partial charge < -0.3 is 15.8 Å². The van der Waals surface area contributed by atoms with E-state index in [1.165, 1.54) is 0 Å². The van der Waals surface area contributed by atoms with Gasteiger partial charge in [0.15, 0.2) is 0 Å². The average molecular weight is 243 g/mol. The summed E-state index contributed by atoms with van der Waals surface area (Å²) in [7, 11) is 0. The largest absolute Gasteiger partial charge is 0.378 e. The van der Waals surface area contributed by atoms with E-state index in [1.54, 1.807) is 0 Å². The Morgan fingerprint density at radius 2 is 2.35 bits per heavy atom. The second-order valence-corrected chi connectivity index (χ2v) is 4.41. The molecule has 1 unspecified atom stereocenters. The summed E-state index contributed by atoms with van der Waals surface area (Å²) in [5.74, 6) is 0.0966. The first-order chi connectivity index (χ1) is 8.29. The van der Waals surface area contributed by atoms with E-state index in [0.29, 0.717) is 6.61 Å². The van der Waals surface area contributed by atoms with E-state index >= 15 is 0 Å². The van der Waals surface area contributed by atoms with Crippen molar-refractivity contribution in [2.75, 3.05) is 39.4 Å². The molecule has 0 aliphatic carbocycles. The number of hydrogen-bond acceptors (Lipinski definition) is 4. The number of nitrogens with one attached hydrogen (secondary N) is 1. The zero-order chi connectivity index (χ0) is 12.5. The van der Waals surface area contributed by atoms with Crippen molar-refractivity contribution in [2.24, 2.45) is 5.73 Å². The van der Waals surface area contributed by atoms with Crippen LogP contribution in [0.2, 0.25) is 0 Å². The molecule has 17 heavy (non-hydrogen) atoms. The number of amides is 1. The number of unbranched alkanes of at least 4 members (excludes halogenated alkanes) is 1. The van der Waals surface area contributed by atoms with Crippen molar-refractivity contribution in [3.63, 3.8) is 0 Å². The summed E-state index contributed by atoms with van der Waals surface area (Å²) in [6.07, 6.45) is 3.03. The van der Waals surface area contributed by atoms with Crippen LogP contribution in [0.1, 0.15) is 26.2 Å². The van der Waals surface area contributed by atoms with E-state index in [-0.39, 0.29) is 11.9 Å². The van der Waals surface area contributed by atoms with Crippen LogP contribution in [0.25, 0.3) is 0 Å². The van der Waals surface area contributed by atoms with E-state index in [0.717, 1.165) is 52.0 Å². The third kappa shape index (κ3) is 5.02. The Balaban J connectivity index is 2.38. The van der Waals surface area contributed by atoms with Gasteiger partial charge in [0, 0.05) is 13.1 Å².